The van der Waals surface area contributed by atoms with Gasteiger partial charge in [0.25, 0.3) is 0 Å². The van der Waals surface area contributed by atoms with Crippen molar-refractivity contribution in [3.8, 4) is 0 Å². The molecular weight excluding hydrogens is 324 g/mol. The lowest BCUT2D eigenvalue weighted by Gasteiger charge is -2.36. The molecule has 2 heterocycles. The smallest absolute Gasteiger partial charge is 0.227 e. The Kier molecular flexibility index (Phi) is 6.28. The zero-order valence-electron chi connectivity index (χ0n) is 16.1. The van der Waals surface area contributed by atoms with E-state index in [-0.39, 0.29) is 0 Å². The summed E-state index contributed by atoms with van der Waals surface area (Å²) >= 11 is 0. The van der Waals surface area contributed by atoms with Gasteiger partial charge in [0, 0.05) is 50.2 Å². The fourth-order valence-electron chi connectivity index (χ4n) is 3.20. The van der Waals surface area contributed by atoms with Crippen LogP contribution < -0.4 is 15.1 Å². The Morgan fingerprint density at radius 3 is 2.38 bits per heavy atom. The Balaban J connectivity index is 1.57. The summed E-state index contributed by atoms with van der Waals surface area (Å²) in [6, 6.07) is 12.6. The lowest BCUT2D eigenvalue weighted by Crippen LogP contribution is -2.47. The van der Waals surface area contributed by atoms with Gasteiger partial charge in [-0.3, -0.25) is 0 Å². The van der Waals surface area contributed by atoms with Crippen molar-refractivity contribution in [1.29, 1.82) is 0 Å². The first-order chi connectivity index (χ1) is 12.6. The zero-order valence-corrected chi connectivity index (χ0v) is 16.1. The molecule has 0 amide bonds. The molecule has 1 aliphatic rings. The number of nitrogens with zero attached hydrogens (tertiary/aromatic N) is 5. The molecule has 3 rings (SSSR count). The average Bonchev–Trinajstić information content (AvgIpc) is 2.65. The molecular formula is C20H30N6. The summed E-state index contributed by atoms with van der Waals surface area (Å²) in [5.41, 5.74) is 2.30. The monoisotopic (exact) mass is 354 g/mol. The molecule has 1 aromatic heterocycles. The number of rotatable bonds is 7. The molecule has 1 aliphatic heterocycles. The van der Waals surface area contributed by atoms with Gasteiger partial charge in [-0.15, -0.1) is 0 Å². The molecule has 0 unspecified atom stereocenters. The highest BCUT2D eigenvalue weighted by molar-refractivity contribution is 5.49. The summed E-state index contributed by atoms with van der Waals surface area (Å²) in [6.07, 6.45) is 1.10. The molecule has 0 radical (unpaired) electrons. The zero-order chi connectivity index (χ0) is 18.4. The predicted molar refractivity (Wildman–Crippen MR) is 109 cm³/mol. The van der Waals surface area contributed by atoms with Crippen LogP contribution in [0.25, 0.3) is 0 Å². The van der Waals surface area contributed by atoms with Gasteiger partial charge in [0.15, 0.2) is 0 Å². The van der Waals surface area contributed by atoms with E-state index in [0.29, 0.717) is 0 Å². The number of benzene rings is 1. The standard InChI is InChI=1S/C20H30N6/c1-17-16-19(21-10-7-11-24(2)3)23-20(22-17)26-14-12-25(13-15-26)18-8-5-4-6-9-18/h4-6,8-9,16H,7,10-15H2,1-3H3,(H,21,22,23). The molecule has 1 fully saturated rings. The summed E-state index contributed by atoms with van der Waals surface area (Å²) in [5, 5.41) is 3.44. The summed E-state index contributed by atoms with van der Waals surface area (Å²) in [7, 11) is 4.20. The summed E-state index contributed by atoms with van der Waals surface area (Å²) in [5.74, 6) is 1.77. The maximum absolute atomic E-state index is 4.74. The molecule has 0 spiro atoms. The van der Waals surface area contributed by atoms with Crippen molar-refractivity contribution in [1.82, 2.24) is 14.9 Å². The number of hydrogen-bond donors (Lipinski definition) is 1. The van der Waals surface area contributed by atoms with E-state index in [0.717, 1.165) is 63.1 Å². The number of hydrogen-bond acceptors (Lipinski definition) is 6. The minimum absolute atomic E-state index is 0.841. The fraction of sp³-hybridized carbons (Fsp3) is 0.500. The number of aryl methyl sites for hydroxylation is 1. The Bertz CT molecular complexity index is 680. The van der Waals surface area contributed by atoms with Gasteiger partial charge in [-0.05, 0) is 46.1 Å². The van der Waals surface area contributed by atoms with Crippen LogP contribution in [-0.4, -0.2) is 68.2 Å². The predicted octanol–water partition coefficient (Wildman–Crippen LogP) is 2.48. The first kappa shape index (κ1) is 18.5. The van der Waals surface area contributed by atoms with E-state index in [4.69, 9.17) is 4.98 Å². The second kappa shape index (κ2) is 8.85. The normalized spacial score (nSPS) is 14.8. The number of anilines is 3. The summed E-state index contributed by atoms with van der Waals surface area (Å²) in [4.78, 5) is 16.3. The average molecular weight is 355 g/mol. The van der Waals surface area contributed by atoms with Crippen molar-refractivity contribution in [2.45, 2.75) is 13.3 Å². The topological polar surface area (TPSA) is 47.5 Å². The molecule has 0 bridgehead atoms. The van der Waals surface area contributed by atoms with Crippen LogP contribution in [0, 0.1) is 6.92 Å². The van der Waals surface area contributed by atoms with Crippen molar-refractivity contribution < 1.29 is 0 Å². The van der Waals surface area contributed by atoms with Gasteiger partial charge >= 0.3 is 0 Å². The molecule has 0 saturated carbocycles. The molecule has 1 N–H and O–H groups in total. The Morgan fingerprint density at radius 1 is 1.00 bits per heavy atom. The Hall–Kier alpha value is -2.34. The molecule has 0 aliphatic carbocycles. The Morgan fingerprint density at radius 2 is 1.69 bits per heavy atom. The highest BCUT2D eigenvalue weighted by atomic mass is 15.3. The highest BCUT2D eigenvalue weighted by Gasteiger charge is 2.19. The van der Waals surface area contributed by atoms with E-state index in [1.165, 1.54) is 5.69 Å². The van der Waals surface area contributed by atoms with Crippen LogP contribution in [0.4, 0.5) is 17.5 Å². The van der Waals surface area contributed by atoms with Gasteiger partial charge in [0.1, 0.15) is 5.82 Å². The van der Waals surface area contributed by atoms with Crippen LogP contribution >= 0.6 is 0 Å². The molecule has 6 heteroatoms. The molecule has 0 atom stereocenters. The van der Waals surface area contributed by atoms with Crippen molar-refractivity contribution in [2.24, 2.45) is 0 Å². The third kappa shape index (κ3) is 5.08. The minimum Gasteiger partial charge on any atom is -0.370 e. The van der Waals surface area contributed by atoms with Crippen molar-refractivity contribution >= 4 is 17.5 Å². The van der Waals surface area contributed by atoms with E-state index in [1.807, 2.05) is 13.0 Å². The van der Waals surface area contributed by atoms with E-state index < -0.39 is 0 Å². The van der Waals surface area contributed by atoms with E-state index in [2.05, 4.69) is 69.4 Å². The van der Waals surface area contributed by atoms with Gasteiger partial charge in [-0.1, -0.05) is 18.2 Å². The molecule has 6 nitrogen and oxygen atoms in total. The van der Waals surface area contributed by atoms with Gasteiger partial charge in [0.2, 0.25) is 5.95 Å². The quantitative estimate of drug-likeness (QED) is 0.771. The third-order valence-electron chi connectivity index (χ3n) is 4.61. The van der Waals surface area contributed by atoms with Gasteiger partial charge < -0.3 is 20.0 Å². The Labute approximate surface area is 156 Å². The van der Waals surface area contributed by atoms with Crippen molar-refractivity contribution in [2.75, 3.05) is 68.5 Å². The lowest BCUT2D eigenvalue weighted by atomic mass is 10.2. The van der Waals surface area contributed by atoms with E-state index in [1.54, 1.807) is 0 Å². The summed E-state index contributed by atoms with van der Waals surface area (Å²) in [6.45, 7) is 7.91. The lowest BCUT2D eigenvalue weighted by molar-refractivity contribution is 0.405. The highest BCUT2D eigenvalue weighted by Crippen LogP contribution is 2.19. The van der Waals surface area contributed by atoms with Crippen LogP contribution in [0.15, 0.2) is 36.4 Å². The van der Waals surface area contributed by atoms with Gasteiger partial charge in [0.05, 0.1) is 0 Å². The van der Waals surface area contributed by atoms with Crippen molar-refractivity contribution in [3.05, 3.63) is 42.1 Å². The number of piperazine rings is 1. The largest absolute Gasteiger partial charge is 0.370 e. The van der Waals surface area contributed by atoms with Crippen LogP contribution in [0.3, 0.4) is 0 Å². The SMILES string of the molecule is Cc1cc(NCCCN(C)C)nc(N2CCN(c3ccccc3)CC2)n1. The van der Waals surface area contributed by atoms with Crippen LogP contribution in [0.1, 0.15) is 12.1 Å². The van der Waals surface area contributed by atoms with Gasteiger partial charge in [-0.2, -0.15) is 4.98 Å². The molecule has 2 aromatic rings. The van der Waals surface area contributed by atoms with E-state index >= 15 is 0 Å². The van der Waals surface area contributed by atoms with Crippen LogP contribution in [0.5, 0.6) is 0 Å². The first-order valence-corrected chi connectivity index (χ1v) is 9.41. The maximum atomic E-state index is 4.74. The maximum Gasteiger partial charge on any atom is 0.227 e. The second-order valence-corrected chi connectivity index (χ2v) is 7.09. The molecule has 140 valence electrons. The fourth-order valence-corrected chi connectivity index (χ4v) is 3.20. The minimum atomic E-state index is 0.841. The molecule has 1 saturated heterocycles. The van der Waals surface area contributed by atoms with Gasteiger partial charge in [-0.25, -0.2) is 4.98 Å². The third-order valence-corrected chi connectivity index (χ3v) is 4.61. The van der Waals surface area contributed by atoms with E-state index in [9.17, 15) is 0 Å². The molecule has 1 aromatic carbocycles. The second-order valence-electron chi connectivity index (χ2n) is 7.09. The van der Waals surface area contributed by atoms with Crippen LogP contribution in [-0.2, 0) is 0 Å². The number of para-hydroxylation sites is 1. The number of aromatic nitrogens is 2. The first-order valence-electron chi connectivity index (χ1n) is 9.41. The molecule has 26 heavy (non-hydrogen) atoms. The number of nitrogens with one attached hydrogen (secondary N) is 1. The summed E-state index contributed by atoms with van der Waals surface area (Å²) < 4.78 is 0. The van der Waals surface area contributed by atoms with Crippen LogP contribution in [0.2, 0.25) is 0 Å². The van der Waals surface area contributed by atoms with Crippen molar-refractivity contribution in [3.63, 3.8) is 0 Å².